The second-order valence-corrected chi connectivity index (χ2v) is 1.18. The van der Waals surface area contributed by atoms with E-state index in [2.05, 4.69) is 0 Å². The zero-order chi connectivity index (χ0) is 6.78. The molecule has 0 aromatic rings. The number of hydrogen-bond acceptors (Lipinski definition) is 2. The third-order valence-corrected chi connectivity index (χ3v) is 0.560. The van der Waals surface area contributed by atoms with Crippen LogP contribution in [0.1, 0.15) is 6.92 Å². The molecule has 5 heteroatoms. The molecular formula is C3H4F3NO. The summed E-state index contributed by atoms with van der Waals surface area (Å²) in [5.74, 6) is 0. The van der Waals surface area contributed by atoms with E-state index in [0.717, 1.165) is 0 Å². The molecule has 0 aromatic heterocycles. The number of oxime groups is 1. The van der Waals surface area contributed by atoms with Crippen molar-refractivity contribution in [2.75, 3.05) is 0 Å². The van der Waals surface area contributed by atoms with Crippen molar-refractivity contribution in [3.63, 3.8) is 0 Å². The first-order chi connectivity index (χ1) is 3.48. The van der Waals surface area contributed by atoms with Crippen molar-refractivity contribution in [1.82, 2.24) is 0 Å². The maximum Gasteiger partial charge on any atom is 0.432 e. The summed E-state index contributed by atoms with van der Waals surface area (Å²) >= 11 is 0. The van der Waals surface area contributed by atoms with E-state index in [1.54, 1.807) is 0 Å². The highest BCUT2D eigenvalue weighted by atomic mass is 19.4. The van der Waals surface area contributed by atoms with Gasteiger partial charge in [-0.15, -0.1) is 0 Å². The summed E-state index contributed by atoms with van der Waals surface area (Å²) in [6.07, 6.45) is -4.49. The third kappa shape index (κ3) is 1.81. The summed E-state index contributed by atoms with van der Waals surface area (Å²) in [6.45, 7) is 0.681. The highest BCUT2D eigenvalue weighted by molar-refractivity contribution is 5.86. The topological polar surface area (TPSA) is 32.6 Å². The Morgan fingerprint density at radius 2 is 1.88 bits per heavy atom. The van der Waals surface area contributed by atoms with E-state index in [0.29, 0.717) is 6.92 Å². The summed E-state index contributed by atoms with van der Waals surface area (Å²) in [5.41, 5.74) is -1.24. The van der Waals surface area contributed by atoms with E-state index >= 15 is 0 Å². The van der Waals surface area contributed by atoms with Crippen molar-refractivity contribution in [1.29, 1.82) is 0 Å². The Balaban J connectivity index is 4.03. The lowest BCUT2D eigenvalue weighted by Gasteiger charge is -2.00. The molecule has 1 N–H and O–H groups in total. The molecule has 0 radical (unpaired) electrons. The van der Waals surface area contributed by atoms with E-state index in [9.17, 15) is 13.2 Å². The van der Waals surface area contributed by atoms with Crippen LogP contribution in [0.25, 0.3) is 0 Å². The molecular weight excluding hydrogens is 123 g/mol. The third-order valence-electron chi connectivity index (χ3n) is 0.560. The van der Waals surface area contributed by atoms with Crippen LogP contribution in [0, 0.1) is 0 Å². The molecule has 0 unspecified atom stereocenters. The van der Waals surface area contributed by atoms with E-state index < -0.39 is 11.9 Å². The van der Waals surface area contributed by atoms with Gasteiger partial charge in [-0.25, -0.2) is 0 Å². The van der Waals surface area contributed by atoms with Crippen LogP contribution in [0.5, 0.6) is 0 Å². The van der Waals surface area contributed by atoms with Crippen LogP contribution in [0.4, 0.5) is 13.2 Å². The molecule has 0 saturated carbocycles. The molecule has 0 atom stereocenters. The minimum atomic E-state index is -4.49. The largest absolute Gasteiger partial charge is 0.432 e. The van der Waals surface area contributed by atoms with E-state index in [4.69, 9.17) is 5.21 Å². The van der Waals surface area contributed by atoms with Gasteiger partial charge in [-0.2, -0.15) is 13.2 Å². The zero-order valence-electron chi connectivity index (χ0n) is 4.03. The minimum Gasteiger partial charge on any atom is -0.411 e. The number of hydrogen-bond donors (Lipinski definition) is 1. The predicted octanol–water partition coefficient (Wildman–Crippen LogP) is 1.40. The van der Waals surface area contributed by atoms with Crippen LogP contribution in [0.2, 0.25) is 0 Å². The summed E-state index contributed by atoms with van der Waals surface area (Å²) in [5, 5.41) is 9.49. The summed E-state index contributed by atoms with van der Waals surface area (Å²) in [7, 11) is 0. The van der Waals surface area contributed by atoms with Crippen molar-refractivity contribution >= 4 is 5.71 Å². The van der Waals surface area contributed by atoms with Crippen LogP contribution in [0.15, 0.2) is 5.16 Å². The minimum absolute atomic E-state index is 0.681. The Morgan fingerprint density at radius 3 is 1.88 bits per heavy atom. The SMILES string of the molecule is C/C(=N/O)C(F)(F)F. The lowest BCUT2D eigenvalue weighted by Crippen LogP contribution is -2.18. The Morgan fingerprint density at radius 1 is 1.50 bits per heavy atom. The van der Waals surface area contributed by atoms with Crippen LogP contribution >= 0.6 is 0 Å². The maximum atomic E-state index is 11.2. The van der Waals surface area contributed by atoms with Crippen LogP contribution in [0.3, 0.4) is 0 Å². The van der Waals surface area contributed by atoms with Gasteiger partial charge in [0, 0.05) is 0 Å². The molecule has 0 aromatic carbocycles. The number of rotatable bonds is 0. The van der Waals surface area contributed by atoms with Gasteiger partial charge in [-0.3, -0.25) is 0 Å². The predicted molar refractivity (Wildman–Crippen MR) is 21.0 cm³/mol. The average molecular weight is 127 g/mol. The van der Waals surface area contributed by atoms with Crippen molar-refractivity contribution in [3.05, 3.63) is 0 Å². The van der Waals surface area contributed by atoms with Gasteiger partial charge < -0.3 is 5.21 Å². The molecule has 0 amide bonds. The normalized spacial score (nSPS) is 14.2. The Labute approximate surface area is 43.6 Å². The van der Waals surface area contributed by atoms with E-state index in [1.165, 1.54) is 0 Å². The fraction of sp³-hybridized carbons (Fsp3) is 0.667. The lowest BCUT2D eigenvalue weighted by atomic mass is 10.4. The molecule has 0 aliphatic heterocycles. The van der Waals surface area contributed by atoms with Crippen molar-refractivity contribution in [2.45, 2.75) is 13.1 Å². The first kappa shape index (κ1) is 7.26. The number of halogens is 3. The second-order valence-electron chi connectivity index (χ2n) is 1.18. The van der Waals surface area contributed by atoms with Crippen LogP contribution in [-0.4, -0.2) is 17.1 Å². The fourth-order valence-corrected chi connectivity index (χ4v) is 0.0567. The summed E-state index contributed by atoms with van der Waals surface area (Å²) in [4.78, 5) is 0. The fourth-order valence-electron chi connectivity index (χ4n) is 0.0567. The van der Waals surface area contributed by atoms with E-state index in [1.807, 2.05) is 5.16 Å². The Bertz CT molecular complexity index is 106. The van der Waals surface area contributed by atoms with Crippen LogP contribution < -0.4 is 0 Å². The van der Waals surface area contributed by atoms with Gasteiger partial charge in [0.05, 0.1) is 0 Å². The second kappa shape index (κ2) is 2.02. The molecule has 0 fully saturated rings. The van der Waals surface area contributed by atoms with Gasteiger partial charge in [0.1, 0.15) is 0 Å². The summed E-state index contributed by atoms with van der Waals surface area (Å²) < 4.78 is 33.5. The molecule has 48 valence electrons. The van der Waals surface area contributed by atoms with Gasteiger partial charge >= 0.3 is 6.18 Å². The van der Waals surface area contributed by atoms with Crippen molar-refractivity contribution < 1.29 is 18.4 Å². The Hall–Kier alpha value is -0.740. The van der Waals surface area contributed by atoms with Crippen LogP contribution in [-0.2, 0) is 0 Å². The standard InChI is InChI=1S/C3H4F3NO/c1-2(7-8)3(4,5)6/h8H,1H3/b7-2-. The zero-order valence-corrected chi connectivity index (χ0v) is 4.03. The summed E-state index contributed by atoms with van der Waals surface area (Å²) in [6, 6.07) is 0. The number of alkyl halides is 3. The van der Waals surface area contributed by atoms with Gasteiger partial charge in [0.25, 0.3) is 0 Å². The quantitative estimate of drug-likeness (QED) is 0.297. The van der Waals surface area contributed by atoms with Crippen molar-refractivity contribution in [3.8, 4) is 0 Å². The molecule has 0 bridgehead atoms. The van der Waals surface area contributed by atoms with Gasteiger partial charge in [0.2, 0.25) is 0 Å². The first-order valence-corrected chi connectivity index (χ1v) is 1.74. The molecule has 8 heavy (non-hydrogen) atoms. The smallest absolute Gasteiger partial charge is 0.411 e. The molecule has 0 heterocycles. The molecule has 0 saturated heterocycles. The first-order valence-electron chi connectivity index (χ1n) is 1.74. The molecule has 0 aliphatic carbocycles. The molecule has 0 spiro atoms. The van der Waals surface area contributed by atoms with Gasteiger partial charge in [-0.05, 0) is 6.92 Å². The highest BCUT2D eigenvalue weighted by Gasteiger charge is 2.32. The van der Waals surface area contributed by atoms with Crippen molar-refractivity contribution in [2.24, 2.45) is 5.16 Å². The van der Waals surface area contributed by atoms with E-state index in [-0.39, 0.29) is 0 Å². The maximum absolute atomic E-state index is 11.2. The lowest BCUT2D eigenvalue weighted by molar-refractivity contribution is -0.0613. The molecule has 0 rings (SSSR count). The highest BCUT2D eigenvalue weighted by Crippen LogP contribution is 2.15. The molecule has 2 nitrogen and oxygen atoms in total. The van der Waals surface area contributed by atoms with Gasteiger partial charge in [0.15, 0.2) is 5.71 Å². The monoisotopic (exact) mass is 127 g/mol. The average Bonchev–Trinajstić information content (AvgIpc) is 1.62. The molecule has 0 aliphatic rings. The van der Waals surface area contributed by atoms with Gasteiger partial charge in [-0.1, -0.05) is 5.16 Å². The number of nitrogens with zero attached hydrogens (tertiary/aromatic N) is 1. The Kier molecular flexibility index (Phi) is 1.83.